The van der Waals surface area contributed by atoms with E-state index in [-0.39, 0.29) is 5.97 Å². The number of carbonyl (C=O) groups excluding carboxylic acids is 1. The van der Waals surface area contributed by atoms with Crippen molar-refractivity contribution < 1.29 is 9.53 Å². The number of allylic oxidation sites excluding steroid dienone is 1. The fourth-order valence-electron chi connectivity index (χ4n) is 2.74. The van der Waals surface area contributed by atoms with E-state index in [2.05, 4.69) is 29.8 Å². The summed E-state index contributed by atoms with van der Waals surface area (Å²) in [4.78, 5) is 12.0. The third kappa shape index (κ3) is 16.5. The number of hydrogen-bond donors (Lipinski definition) is 0. The minimum Gasteiger partial charge on any atom is -0.463 e. The minimum absolute atomic E-state index is 0.132. The van der Waals surface area contributed by atoms with E-state index >= 15 is 0 Å². The first kappa shape index (κ1) is 23.7. The van der Waals surface area contributed by atoms with E-state index in [1.807, 2.05) is 0 Å². The highest BCUT2D eigenvalue weighted by Gasteiger charge is 2.04. The Morgan fingerprint density at radius 1 is 0.792 bits per heavy atom. The van der Waals surface area contributed by atoms with Crippen molar-refractivity contribution in [3.63, 3.8) is 0 Å². The lowest BCUT2D eigenvalue weighted by molar-refractivity contribution is -0.137. The van der Waals surface area contributed by atoms with Crippen molar-refractivity contribution in [2.45, 2.75) is 104 Å². The van der Waals surface area contributed by atoms with Crippen molar-refractivity contribution in [2.75, 3.05) is 11.9 Å². The molecule has 0 saturated carbocycles. The van der Waals surface area contributed by atoms with E-state index < -0.39 is 0 Å². The van der Waals surface area contributed by atoms with Gasteiger partial charge in [-0.25, -0.2) is 4.79 Å². The van der Waals surface area contributed by atoms with Crippen LogP contribution in [0.3, 0.4) is 0 Å². The van der Waals surface area contributed by atoms with Crippen molar-refractivity contribution in [3.05, 3.63) is 11.6 Å². The molecular weight excluding hydrogens is 364 g/mol. The summed E-state index contributed by atoms with van der Waals surface area (Å²) in [6.45, 7) is 5.02. The van der Waals surface area contributed by atoms with Crippen LogP contribution in [0, 0.1) is 0 Å². The maximum absolute atomic E-state index is 12.0. The third-order valence-corrected chi connectivity index (χ3v) is 4.86. The molecule has 0 aromatic heterocycles. The summed E-state index contributed by atoms with van der Waals surface area (Å²) < 4.78 is 5.37. The molecule has 0 amide bonds. The van der Waals surface area contributed by atoms with Gasteiger partial charge < -0.3 is 4.74 Å². The standard InChI is InChI=1S/C21H39BrO2/c1-3-5-7-8-9-12-16-20(15-6-4-2)19-21(23)24-18-14-11-10-13-17-22/h19H,3-18H2,1-2H3/b20-19+. The van der Waals surface area contributed by atoms with Gasteiger partial charge in [-0.15, -0.1) is 0 Å². The molecule has 0 radical (unpaired) electrons. The summed E-state index contributed by atoms with van der Waals surface area (Å²) in [5, 5.41) is 1.06. The topological polar surface area (TPSA) is 26.3 Å². The molecule has 0 saturated heterocycles. The summed E-state index contributed by atoms with van der Waals surface area (Å²) in [5.41, 5.74) is 1.29. The predicted molar refractivity (Wildman–Crippen MR) is 109 cm³/mol. The highest BCUT2D eigenvalue weighted by atomic mass is 79.9. The fraction of sp³-hybridized carbons (Fsp3) is 0.857. The lowest BCUT2D eigenvalue weighted by Crippen LogP contribution is -2.04. The molecule has 0 atom stereocenters. The minimum atomic E-state index is -0.132. The first-order valence-corrected chi connectivity index (χ1v) is 11.3. The molecule has 0 aliphatic carbocycles. The normalized spacial score (nSPS) is 11.7. The summed E-state index contributed by atoms with van der Waals surface area (Å²) in [6.07, 6.45) is 18.6. The molecule has 0 rings (SSSR count). The second-order valence-corrected chi connectivity index (χ2v) is 7.49. The monoisotopic (exact) mass is 402 g/mol. The van der Waals surface area contributed by atoms with Crippen LogP contribution in [0.5, 0.6) is 0 Å². The van der Waals surface area contributed by atoms with Crippen LogP contribution in [0.25, 0.3) is 0 Å². The van der Waals surface area contributed by atoms with Crippen molar-refractivity contribution in [2.24, 2.45) is 0 Å². The highest BCUT2D eigenvalue weighted by Crippen LogP contribution is 2.17. The molecule has 0 aromatic carbocycles. The van der Waals surface area contributed by atoms with Crippen LogP contribution in [-0.4, -0.2) is 17.9 Å². The molecule has 0 fully saturated rings. The Kier molecular flexibility index (Phi) is 18.8. The van der Waals surface area contributed by atoms with Gasteiger partial charge in [-0.2, -0.15) is 0 Å². The second kappa shape index (κ2) is 19.0. The lowest BCUT2D eigenvalue weighted by atomic mass is 10.0. The number of hydrogen-bond acceptors (Lipinski definition) is 2. The zero-order valence-corrected chi connectivity index (χ0v) is 17.7. The van der Waals surface area contributed by atoms with Gasteiger partial charge >= 0.3 is 5.97 Å². The molecule has 0 aliphatic heterocycles. The van der Waals surface area contributed by atoms with E-state index in [9.17, 15) is 4.79 Å². The van der Waals surface area contributed by atoms with Crippen molar-refractivity contribution in [3.8, 4) is 0 Å². The zero-order chi connectivity index (χ0) is 17.9. The Hall–Kier alpha value is -0.310. The average Bonchev–Trinajstić information content (AvgIpc) is 2.58. The molecule has 0 unspecified atom stereocenters. The Bertz CT molecular complexity index is 313. The van der Waals surface area contributed by atoms with Gasteiger partial charge in [0.1, 0.15) is 0 Å². The Morgan fingerprint density at radius 2 is 1.38 bits per heavy atom. The molecule has 0 heterocycles. The molecule has 0 spiro atoms. The number of rotatable bonds is 17. The van der Waals surface area contributed by atoms with Crippen molar-refractivity contribution >= 4 is 21.9 Å². The SMILES string of the molecule is CCCCCCCC/C(=C/C(=O)OCCCCCCBr)CCCC. The van der Waals surface area contributed by atoms with Gasteiger partial charge in [-0.3, -0.25) is 0 Å². The van der Waals surface area contributed by atoms with E-state index in [0.717, 1.165) is 31.0 Å². The second-order valence-electron chi connectivity index (χ2n) is 6.69. The van der Waals surface area contributed by atoms with E-state index in [1.54, 1.807) is 6.08 Å². The molecule has 2 nitrogen and oxygen atoms in total. The zero-order valence-electron chi connectivity index (χ0n) is 16.1. The predicted octanol–water partition coefficient (Wildman–Crippen LogP) is 7.35. The van der Waals surface area contributed by atoms with Gasteiger partial charge in [0.2, 0.25) is 0 Å². The molecule has 0 N–H and O–H groups in total. The number of esters is 1. The van der Waals surface area contributed by atoms with Crippen LogP contribution in [0.2, 0.25) is 0 Å². The Labute approximate surface area is 158 Å². The van der Waals surface area contributed by atoms with Crippen molar-refractivity contribution in [1.82, 2.24) is 0 Å². The molecule has 142 valence electrons. The van der Waals surface area contributed by atoms with Gasteiger partial charge in [-0.1, -0.05) is 86.7 Å². The lowest BCUT2D eigenvalue weighted by Gasteiger charge is -2.08. The number of unbranched alkanes of at least 4 members (excludes halogenated alkanes) is 9. The number of alkyl halides is 1. The van der Waals surface area contributed by atoms with Gasteiger partial charge in [0, 0.05) is 11.4 Å². The Balaban J connectivity index is 3.97. The van der Waals surface area contributed by atoms with Gasteiger partial charge in [0.25, 0.3) is 0 Å². The fourth-order valence-corrected chi connectivity index (χ4v) is 3.13. The van der Waals surface area contributed by atoms with Crippen LogP contribution in [0.4, 0.5) is 0 Å². The number of ether oxygens (including phenoxy) is 1. The molecule has 24 heavy (non-hydrogen) atoms. The van der Waals surface area contributed by atoms with Crippen molar-refractivity contribution in [1.29, 1.82) is 0 Å². The molecule has 3 heteroatoms. The van der Waals surface area contributed by atoms with E-state index in [0.29, 0.717) is 6.61 Å². The first-order valence-electron chi connectivity index (χ1n) is 10.2. The quantitative estimate of drug-likeness (QED) is 0.110. The molecule has 0 bridgehead atoms. The van der Waals surface area contributed by atoms with E-state index in [1.165, 1.54) is 69.8 Å². The Morgan fingerprint density at radius 3 is 2.08 bits per heavy atom. The summed E-state index contributed by atoms with van der Waals surface area (Å²) >= 11 is 3.43. The number of halogens is 1. The van der Waals surface area contributed by atoms with Crippen LogP contribution in [0.15, 0.2) is 11.6 Å². The third-order valence-electron chi connectivity index (χ3n) is 4.30. The highest BCUT2D eigenvalue weighted by molar-refractivity contribution is 9.09. The van der Waals surface area contributed by atoms with Gasteiger partial charge in [-0.05, 0) is 38.5 Å². The summed E-state index contributed by atoms with van der Waals surface area (Å²) in [7, 11) is 0. The first-order chi connectivity index (χ1) is 11.7. The average molecular weight is 403 g/mol. The smallest absolute Gasteiger partial charge is 0.330 e. The van der Waals surface area contributed by atoms with E-state index in [4.69, 9.17) is 4.74 Å². The van der Waals surface area contributed by atoms with Crippen LogP contribution in [-0.2, 0) is 9.53 Å². The van der Waals surface area contributed by atoms with Crippen LogP contribution in [0.1, 0.15) is 104 Å². The van der Waals surface area contributed by atoms with Crippen LogP contribution >= 0.6 is 15.9 Å². The van der Waals surface area contributed by atoms with Gasteiger partial charge in [0.15, 0.2) is 0 Å². The summed E-state index contributed by atoms with van der Waals surface area (Å²) in [6, 6.07) is 0. The molecule has 0 aromatic rings. The maximum Gasteiger partial charge on any atom is 0.330 e. The summed E-state index contributed by atoms with van der Waals surface area (Å²) in [5.74, 6) is -0.132. The number of carbonyl (C=O) groups is 1. The maximum atomic E-state index is 12.0. The van der Waals surface area contributed by atoms with Gasteiger partial charge in [0.05, 0.1) is 6.61 Å². The largest absolute Gasteiger partial charge is 0.463 e. The van der Waals surface area contributed by atoms with Crippen LogP contribution < -0.4 is 0 Å². The molecular formula is C21H39BrO2. The molecule has 0 aliphatic rings.